The van der Waals surface area contributed by atoms with Crippen LogP contribution >= 0.6 is 0 Å². The van der Waals surface area contributed by atoms with E-state index in [0.29, 0.717) is 0 Å². The summed E-state index contributed by atoms with van der Waals surface area (Å²) < 4.78 is 4.88. The third-order valence-electron chi connectivity index (χ3n) is 2.18. The van der Waals surface area contributed by atoms with Gasteiger partial charge in [0.2, 0.25) is 0 Å². The highest BCUT2D eigenvalue weighted by atomic mass is 16.6. The summed E-state index contributed by atoms with van der Waals surface area (Å²) in [6.07, 6.45) is -4.57. The molecule has 4 atom stereocenters. The van der Waals surface area contributed by atoms with Gasteiger partial charge in [0.1, 0.15) is 18.3 Å². The summed E-state index contributed by atoms with van der Waals surface area (Å²) in [5.74, 6) is -1.25. The Morgan fingerprint density at radius 3 is 2.43 bits per heavy atom. The highest BCUT2D eigenvalue weighted by Gasteiger charge is 2.52. The van der Waals surface area contributed by atoms with Gasteiger partial charge in [-0.15, -0.1) is 0 Å². The first kappa shape index (κ1) is 11.3. The SMILES string of the molecule is N[C@@]1(CC(=O)O)O[C@H](CO)C(O)C1O. The van der Waals surface area contributed by atoms with Gasteiger partial charge >= 0.3 is 5.97 Å². The maximum absolute atomic E-state index is 10.4. The first-order chi connectivity index (χ1) is 6.40. The molecular weight excluding hydrogens is 194 g/mol. The van der Waals surface area contributed by atoms with Crippen molar-refractivity contribution in [1.29, 1.82) is 0 Å². The second-order valence-electron chi connectivity index (χ2n) is 3.30. The molecule has 7 heteroatoms. The minimum Gasteiger partial charge on any atom is -0.481 e. The average Bonchev–Trinajstić information content (AvgIpc) is 2.29. The van der Waals surface area contributed by atoms with Gasteiger partial charge in [0.05, 0.1) is 13.0 Å². The third kappa shape index (κ3) is 1.86. The Hall–Kier alpha value is -0.730. The van der Waals surface area contributed by atoms with E-state index in [1.807, 2.05) is 0 Å². The van der Waals surface area contributed by atoms with Gasteiger partial charge in [-0.2, -0.15) is 0 Å². The Bertz CT molecular complexity index is 234. The summed E-state index contributed by atoms with van der Waals surface area (Å²) in [6, 6.07) is 0. The predicted molar refractivity (Wildman–Crippen MR) is 43.1 cm³/mol. The molecule has 1 heterocycles. The topological polar surface area (TPSA) is 133 Å². The zero-order chi connectivity index (χ0) is 10.9. The minimum atomic E-state index is -1.83. The molecule has 6 N–H and O–H groups in total. The number of ether oxygens (including phenoxy) is 1. The Balaban J connectivity index is 2.76. The Morgan fingerprint density at radius 1 is 1.50 bits per heavy atom. The maximum atomic E-state index is 10.4. The molecule has 0 aromatic heterocycles. The first-order valence-corrected chi connectivity index (χ1v) is 4.06. The number of aliphatic hydroxyl groups is 3. The van der Waals surface area contributed by atoms with Gasteiger partial charge in [0, 0.05) is 0 Å². The van der Waals surface area contributed by atoms with Crippen molar-refractivity contribution < 1.29 is 30.0 Å². The van der Waals surface area contributed by atoms with Gasteiger partial charge < -0.3 is 30.9 Å². The van der Waals surface area contributed by atoms with Crippen molar-refractivity contribution in [3.8, 4) is 0 Å². The van der Waals surface area contributed by atoms with Crippen LogP contribution in [0.3, 0.4) is 0 Å². The third-order valence-corrected chi connectivity index (χ3v) is 2.18. The maximum Gasteiger partial charge on any atom is 0.307 e. The van der Waals surface area contributed by atoms with Crippen LogP contribution in [0, 0.1) is 0 Å². The molecule has 0 aromatic rings. The smallest absolute Gasteiger partial charge is 0.307 e. The lowest BCUT2D eigenvalue weighted by molar-refractivity contribution is -0.150. The molecule has 0 radical (unpaired) electrons. The first-order valence-electron chi connectivity index (χ1n) is 4.06. The molecule has 0 spiro atoms. The lowest BCUT2D eigenvalue weighted by Crippen LogP contribution is -2.52. The summed E-state index contributed by atoms with van der Waals surface area (Å²) >= 11 is 0. The highest BCUT2D eigenvalue weighted by molar-refractivity contribution is 5.68. The van der Waals surface area contributed by atoms with Crippen LogP contribution in [0.5, 0.6) is 0 Å². The van der Waals surface area contributed by atoms with Crippen LogP contribution in [0.25, 0.3) is 0 Å². The summed E-state index contributed by atoms with van der Waals surface area (Å²) in [5, 5.41) is 35.9. The molecule has 0 aromatic carbocycles. The summed E-state index contributed by atoms with van der Waals surface area (Å²) in [5.41, 5.74) is 3.60. The van der Waals surface area contributed by atoms with E-state index < -0.39 is 43.0 Å². The fraction of sp³-hybridized carbons (Fsp3) is 0.857. The monoisotopic (exact) mass is 207 g/mol. The quantitative estimate of drug-likeness (QED) is 0.338. The van der Waals surface area contributed by atoms with E-state index in [0.717, 1.165) is 0 Å². The molecule has 82 valence electrons. The van der Waals surface area contributed by atoms with E-state index in [1.54, 1.807) is 0 Å². The molecule has 1 saturated heterocycles. The van der Waals surface area contributed by atoms with E-state index in [9.17, 15) is 15.0 Å². The average molecular weight is 207 g/mol. The summed E-state index contributed by atoms with van der Waals surface area (Å²) in [4.78, 5) is 10.4. The Labute approximate surface area is 79.7 Å². The highest BCUT2D eigenvalue weighted by Crippen LogP contribution is 2.29. The van der Waals surface area contributed by atoms with Gasteiger partial charge in [0.25, 0.3) is 0 Å². The predicted octanol–water partition coefficient (Wildman–Crippen LogP) is -2.77. The molecular formula is C7H13NO6. The number of aliphatic hydroxyl groups excluding tert-OH is 3. The molecule has 1 rings (SSSR count). The van der Waals surface area contributed by atoms with Gasteiger partial charge in [0.15, 0.2) is 5.72 Å². The van der Waals surface area contributed by atoms with Crippen molar-refractivity contribution in [1.82, 2.24) is 0 Å². The van der Waals surface area contributed by atoms with Crippen LogP contribution in [0.1, 0.15) is 6.42 Å². The molecule has 0 bridgehead atoms. The van der Waals surface area contributed by atoms with E-state index in [2.05, 4.69) is 0 Å². The van der Waals surface area contributed by atoms with Crippen LogP contribution in [0.2, 0.25) is 0 Å². The number of carbonyl (C=O) groups is 1. The zero-order valence-corrected chi connectivity index (χ0v) is 7.33. The van der Waals surface area contributed by atoms with E-state index in [1.165, 1.54) is 0 Å². The van der Waals surface area contributed by atoms with Gasteiger partial charge in [-0.25, -0.2) is 0 Å². The zero-order valence-electron chi connectivity index (χ0n) is 7.33. The van der Waals surface area contributed by atoms with Crippen molar-refractivity contribution in [2.24, 2.45) is 5.73 Å². The van der Waals surface area contributed by atoms with Crippen LogP contribution in [0.15, 0.2) is 0 Å². The molecule has 0 amide bonds. The van der Waals surface area contributed by atoms with Gasteiger partial charge in [-0.1, -0.05) is 0 Å². The number of carboxylic acid groups (broad SMARTS) is 1. The van der Waals surface area contributed by atoms with Crippen LogP contribution in [-0.4, -0.2) is 57.0 Å². The standard InChI is InChI=1S/C7H13NO6/c8-7(1-4(10)11)6(13)5(12)3(2-9)14-7/h3,5-6,9,12-13H,1-2,8H2,(H,10,11)/t3-,5?,6?,7+/m1/s1. The number of aliphatic carboxylic acids is 1. The lowest BCUT2D eigenvalue weighted by Gasteiger charge is -2.25. The summed E-state index contributed by atoms with van der Waals surface area (Å²) in [7, 11) is 0. The van der Waals surface area contributed by atoms with E-state index >= 15 is 0 Å². The molecule has 1 aliphatic rings. The molecule has 7 nitrogen and oxygen atoms in total. The minimum absolute atomic E-state index is 0.531. The van der Waals surface area contributed by atoms with Crippen molar-refractivity contribution in [2.75, 3.05) is 6.61 Å². The summed E-state index contributed by atoms with van der Waals surface area (Å²) in [6.45, 7) is -0.531. The fourth-order valence-electron chi connectivity index (χ4n) is 1.44. The molecule has 14 heavy (non-hydrogen) atoms. The largest absolute Gasteiger partial charge is 0.481 e. The van der Waals surface area contributed by atoms with Crippen molar-refractivity contribution in [3.63, 3.8) is 0 Å². The van der Waals surface area contributed by atoms with E-state index in [-0.39, 0.29) is 0 Å². The second-order valence-corrected chi connectivity index (χ2v) is 3.30. The Kier molecular flexibility index (Phi) is 3.07. The number of rotatable bonds is 3. The number of nitrogens with two attached hydrogens (primary N) is 1. The fourth-order valence-corrected chi connectivity index (χ4v) is 1.44. The van der Waals surface area contributed by atoms with Crippen LogP contribution in [-0.2, 0) is 9.53 Å². The van der Waals surface area contributed by atoms with Crippen molar-refractivity contribution in [3.05, 3.63) is 0 Å². The van der Waals surface area contributed by atoms with Gasteiger partial charge in [-0.05, 0) is 0 Å². The Morgan fingerprint density at radius 2 is 2.07 bits per heavy atom. The van der Waals surface area contributed by atoms with Crippen LogP contribution in [0.4, 0.5) is 0 Å². The second kappa shape index (κ2) is 3.79. The molecule has 1 fully saturated rings. The molecule has 0 aliphatic carbocycles. The van der Waals surface area contributed by atoms with Crippen molar-refractivity contribution >= 4 is 5.97 Å². The molecule has 2 unspecified atom stereocenters. The number of hydrogen-bond donors (Lipinski definition) is 5. The van der Waals surface area contributed by atoms with Crippen molar-refractivity contribution in [2.45, 2.75) is 30.5 Å². The number of carboxylic acids is 1. The van der Waals surface area contributed by atoms with Gasteiger partial charge in [-0.3, -0.25) is 4.79 Å². The van der Waals surface area contributed by atoms with Crippen LogP contribution < -0.4 is 5.73 Å². The van der Waals surface area contributed by atoms with E-state index in [4.69, 9.17) is 20.7 Å². The lowest BCUT2D eigenvalue weighted by atomic mass is 10.0. The number of hydrogen-bond acceptors (Lipinski definition) is 6. The normalized spacial score (nSPS) is 42.7. The molecule has 0 saturated carbocycles. The molecule has 1 aliphatic heterocycles.